The Bertz CT molecular complexity index is 2470. The topological polar surface area (TPSA) is 292 Å². The lowest BCUT2D eigenvalue weighted by atomic mass is 9.93. The number of rotatable bonds is 15. The van der Waals surface area contributed by atoms with Gasteiger partial charge >= 0.3 is 0 Å². The molecule has 0 heterocycles. The third-order valence-electron chi connectivity index (χ3n) is 7.27. The van der Waals surface area contributed by atoms with Gasteiger partial charge in [-0.2, -0.15) is 25.3 Å². The average Bonchev–Trinajstić information content (AvgIpc) is 2.89. The maximum atomic E-state index is 13.6. The van der Waals surface area contributed by atoms with Crippen LogP contribution in [0.3, 0.4) is 0 Å². The van der Waals surface area contributed by atoms with E-state index < -0.39 is 123 Å². The van der Waals surface area contributed by atoms with Crippen molar-refractivity contribution in [2.75, 3.05) is 40.3 Å². The Kier molecular flexibility index (Phi) is 9.98. The van der Waals surface area contributed by atoms with Crippen LogP contribution in [0.1, 0.15) is 19.3 Å². The fraction of sp³-hybridized carbons (Fsp3) is 0.360. The summed E-state index contributed by atoms with van der Waals surface area (Å²) in [6, 6.07) is 7.13. The van der Waals surface area contributed by atoms with Gasteiger partial charge in [-0.15, -0.1) is 0 Å². The minimum Gasteiger partial charge on any atom is -0.398 e. The first kappa shape index (κ1) is 37.1. The van der Waals surface area contributed by atoms with Crippen molar-refractivity contribution >= 4 is 97.9 Å². The Labute approximate surface area is 271 Å². The fourth-order valence-corrected chi connectivity index (χ4v) is 12.1. The molecular formula is C25H29NO15S6. The molecule has 0 amide bonds. The Balaban J connectivity index is 2.06. The summed E-state index contributed by atoms with van der Waals surface area (Å²) in [5, 5.41) is 0.00776. The van der Waals surface area contributed by atoms with Crippen molar-refractivity contribution in [3.8, 4) is 0 Å². The van der Waals surface area contributed by atoms with Gasteiger partial charge in [-0.25, -0.2) is 25.3 Å². The SMILES string of the molecule is Nc1cc(S(=O)(=O)CCCS(=O)(=O)O)c2ccc3c(S(=O)(=O)CCCS(=O)(=O)O)cc(S(=O)(=O)CCCS(=O)(=O)O)c4ccc1c2c43. The van der Waals surface area contributed by atoms with Crippen LogP contribution in [-0.2, 0) is 59.9 Å². The van der Waals surface area contributed by atoms with E-state index in [0.717, 1.165) is 12.1 Å². The van der Waals surface area contributed by atoms with E-state index in [1.807, 2.05) is 0 Å². The monoisotopic (exact) mass is 775 g/mol. The summed E-state index contributed by atoms with van der Waals surface area (Å²) in [5.41, 5.74) is 6.11. The van der Waals surface area contributed by atoms with Gasteiger partial charge in [-0.1, -0.05) is 24.3 Å². The molecule has 47 heavy (non-hydrogen) atoms. The van der Waals surface area contributed by atoms with E-state index in [-0.39, 0.29) is 42.9 Å². The molecule has 0 bridgehead atoms. The predicted molar refractivity (Wildman–Crippen MR) is 174 cm³/mol. The molecule has 0 aromatic heterocycles. The van der Waals surface area contributed by atoms with E-state index in [9.17, 15) is 50.5 Å². The van der Waals surface area contributed by atoms with E-state index in [1.54, 1.807) is 0 Å². The molecule has 0 aliphatic rings. The van der Waals surface area contributed by atoms with Crippen LogP contribution in [0, 0.1) is 0 Å². The van der Waals surface area contributed by atoms with Gasteiger partial charge in [0.25, 0.3) is 30.4 Å². The minimum absolute atomic E-state index is 0.0187. The number of benzene rings is 4. The smallest absolute Gasteiger partial charge is 0.264 e. The molecule has 0 radical (unpaired) electrons. The van der Waals surface area contributed by atoms with Crippen LogP contribution in [0.15, 0.2) is 51.1 Å². The summed E-state index contributed by atoms with van der Waals surface area (Å²) >= 11 is 0. The molecule has 0 aliphatic carbocycles. The van der Waals surface area contributed by atoms with Crippen LogP contribution in [0.5, 0.6) is 0 Å². The molecule has 4 aromatic rings. The summed E-state index contributed by atoms with van der Waals surface area (Å²) in [7, 11) is -26.9. The largest absolute Gasteiger partial charge is 0.398 e. The van der Waals surface area contributed by atoms with Crippen LogP contribution < -0.4 is 5.73 Å². The molecule has 0 fully saturated rings. The lowest BCUT2D eigenvalue weighted by molar-refractivity contribution is 0.479. The van der Waals surface area contributed by atoms with Gasteiger partial charge < -0.3 is 5.73 Å². The summed E-state index contributed by atoms with van der Waals surface area (Å²) in [6.07, 6.45) is -1.63. The maximum absolute atomic E-state index is 13.6. The molecule has 260 valence electrons. The molecule has 0 aliphatic heterocycles. The molecule has 5 N–H and O–H groups in total. The van der Waals surface area contributed by atoms with Gasteiger partial charge in [0.2, 0.25) is 0 Å². The third-order valence-corrected chi connectivity index (χ3v) is 15.2. The van der Waals surface area contributed by atoms with E-state index >= 15 is 0 Å². The number of hydrogen-bond donors (Lipinski definition) is 4. The molecular weight excluding hydrogens is 747 g/mol. The zero-order valence-electron chi connectivity index (χ0n) is 24.1. The normalized spacial score (nSPS) is 14.0. The number of sulfone groups is 3. The van der Waals surface area contributed by atoms with Crippen molar-refractivity contribution in [1.82, 2.24) is 0 Å². The molecule has 4 aromatic carbocycles. The molecule has 16 nitrogen and oxygen atoms in total. The highest BCUT2D eigenvalue weighted by atomic mass is 32.2. The van der Waals surface area contributed by atoms with Gasteiger partial charge in [-0.05, 0) is 31.4 Å². The lowest BCUT2D eigenvalue weighted by Crippen LogP contribution is -2.16. The zero-order valence-corrected chi connectivity index (χ0v) is 29.0. The van der Waals surface area contributed by atoms with Crippen LogP contribution in [0.25, 0.3) is 32.3 Å². The van der Waals surface area contributed by atoms with Crippen LogP contribution >= 0.6 is 0 Å². The molecule has 0 saturated heterocycles. The summed E-state index contributed by atoms with van der Waals surface area (Å²) in [6.45, 7) is 0. The van der Waals surface area contributed by atoms with Crippen molar-refractivity contribution in [3.05, 3.63) is 36.4 Å². The first-order chi connectivity index (χ1) is 21.3. The Hall–Kier alpha value is -2.70. The standard InChI is InChI=1S/C25H29NO15S6/c26-20-14-21(42(27,28)8-1-11-45(33,34)35)17-6-7-19-23(44(31,32)10-3-13-47(39,40)41)15-22(18-5-4-16(20)24(17)25(18)19)43(29,30)9-2-12-46(36,37)38/h4-7,14-15H,1-3,8-13,26H2,(H,33,34,35)(H,36,37,38)(H,39,40,41). The predicted octanol–water partition coefficient (Wildman–Crippen LogP) is 1.32. The second-order valence-corrected chi connectivity index (χ2v) is 21.7. The summed E-state index contributed by atoms with van der Waals surface area (Å²) < 4.78 is 176. The summed E-state index contributed by atoms with van der Waals surface area (Å²) in [4.78, 5) is -1.54. The van der Waals surface area contributed by atoms with Crippen molar-refractivity contribution in [1.29, 1.82) is 0 Å². The molecule has 0 spiro atoms. The van der Waals surface area contributed by atoms with Gasteiger partial charge in [0.15, 0.2) is 29.5 Å². The van der Waals surface area contributed by atoms with Crippen molar-refractivity contribution in [2.45, 2.75) is 33.9 Å². The summed E-state index contributed by atoms with van der Waals surface area (Å²) in [5.74, 6) is -5.15. The molecule has 22 heteroatoms. The van der Waals surface area contributed by atoms with Gasteiger partial charge in [0.05, 0.1) is 49.2 Å². The number of nitrogens with two attached hydrogens (primary N) is 1. The Morgan fingerprint density at radius 1 is 0.426 bits per heavy atom. The second kappa shape index (κ2) is 12.6. The maximum Gasteiger partial charge on any atom is 0.264 e. The zero-order chi connectivity index (χ0) is 35.4. The first-order valence-electron chi connectivity index (χ1n) is 13.4. The van der Waals surface area contributed by atoms with Crippen LogP contribution in [-0.4, -0.2) is 98.7 Å². The highest BCUT2D eigenvalue weighted by molar-refractivity contribution is 7.93. The van der Waals surface area contributed by atoms with E-state index in [0.29, 0.717) is 0 Å². The minimum atomic E-state index is -4.55. The average molecular weight is 776 g/mol. The van der Waals surface area contributed by atoms with Gasteiger partial charge in [-0.3, -0.25) is 13.7 Å². The molecule has 0 atom stereocenters. The number of anilines is 1. The Morgan fingerprint density at radius 3 is 1.02 bits per heavy atom. The molecule has 4 rings (SSSR count). The first-order valence-corrected chi connectivity index (χ1v) is 23.2. The van der Waals surface area contributed by atoms with Gasteiger partial charge in [0, 0.05) is 38.0 Å². The van der Waals surface area contributed by atoms with E-state index in [1.165, 1.54) is 24.3 Å². The highest BCUT2D eigenvalue weighted by Gasteiger charge is 2.30. The number of hydrogen-bond acceptors (Lipinski definition) is 13. The molecule has 0 unspecified atom stereocenters. The highest BCUT2D eigenvalue weighted by Crippen LogP contribution is 2.44. The van der Waals surface area contributed by atoms with Crippen molar-refractivity contribution < 1.29 is 64.2 Å². The van der Waals surface area contributed by atoms with Gasteiger partial charge in [0.1, 0.15) is 0 Å². The van der Waals surface area contributed by atoms with E-state index in [2.05, 4.69) is 0 Å². The van der Waals surface area contributed by atoms with E-state index in [4.69, 9.17) is 19.4 Å². The fourth-order valence-electron chi connectivity index (χ4n) is 5.32. The quantitative estimate of drug-likeness (QED) is 0.0752. The second-order valence-electron chi connectivity index (χ2n) is 10.8. The number of nitrogen functional groups attached to an aromatic ring is 1. The lowest BCUT2D eigenvalue weighted by Gasteiger charge is -2.20. The Morgan fingerprint density at radius 2 is 0.702 bits per heavy atom. The van der Waals surface area contributed by atoms with Crippen LogP contribution in [0.4, 0.5) is 5.69 Å². The molecule has 0 saturated carbocycles. The van der Waals surface area contributed by atoms with Crippen molar-refractivity contribution in [2.24, 2.45) is 0 Å². The third kappa shape index (κ3) is 8.48. The van der Waals surface area contributed by atoms with Crippen molar-refractivity contribution in [3.63, 3.8) is 0 Å². The van der Waals surface area contributed by atoms with Crippen LogP contribution in [0.2, 0.25) is 0 Å².